The Balaban J connectivity index is 1.86. The molecule has 0 spiro atoms. The number of carbonyl (C=O) groups excluding carboxylic acids is 1. The highest BCUT2D eigenvalue weighted by Crippen LogP contribution is 2.23. The van der Waals surface area contributed by atoms with Gasteiger partial charge in [-0.05, 0) is 36.8 Å². The van der Waals surface area contributed by atoms with E-state index in [9.17, 15) is 9.18 Å². The van der Waals surface area contributed by atoms with Crippen LogP contribution in [0.4, 0.5) is 16.2 Å². The van der Waals surface area contributed by atoms with Crippen LogP contribution in [-0.2, 0) is 4.74 Å². The molecule has 29 heavy (non-hydrogen) atoms. The average molecular weight is 416 g/mol. The maximum absolute atomic E-state index is 13.2. The van der Waals surface area contributed by atoms with Crippen molar-refractivity contribution in [3.05, 3.63) is 65.2 Å². The number of carbonyl (C=O) groups is 1. The van der Waals surface area contributed by atoms with E-state index >= 15 is 0 Å². The van der Waals surface area contributed by atoms with Gasteiger partial charge in [0.2, 0.25) is 5.95 Å². The van der Waals surface area contributed by atoms with Gasteiger partial charge in [0.1, 0.15) is 11.6 Å². The van der Waals surface area contributed by atoms with Crippen LogP contribution in [0.15, 0.2) is 48.8 Å². The van der Waals surface area contributed by atoms with Crippen molar-refractivity contribution in [2.75, 3.05) is 30.9 Å². The van der Waals surface area contributed by atoms with Gasteiger partial charge in [0.25, 0.3) is 5.91 Å². The predicted octanol–water partition coefficient (Wildman–Crippen LogP) is 4.03. The number of nitrogens with one attached hydrogen (secondary N) is 2. The molecule has 0 atom stereocenters. The summed E-state index contributed by atoms with van der Waals surface area (Å²) in [5, 5.41) is 5.82. The van der Waals surface area contributed by atoms with Gasteiger partial charge in [-0.25, -0.2) is 9.37 Å². The van der Waals surface area contributed by atoms with Crippen molar-refractivity contribution in [3.63, 3.8) is 0 Å². The normalized spacial score (nSPS) is 10.6. The molecule has 0 aliphatic rings. The second-order valence-electron chi connectivity index (χ2n) is 6.06. The number of halogens is 2. The number of hydrogen-bond acceptors (Lipinski definition) is 6. The molecule has 9 heteroatoms. The fourth-order valence-corrected chi connectivity index (χ4v) is 2.78. The van der Waals surface area contributed by atoms with Crippen LogP contribution >= 0.6 is 11.6 Å². The summed E-state index contributed by atoms with van der Waals surface area (Å²) in [5.74, 6) is -0.396. The van der Waals surface area contributed by atoms with E-state index < -0.39 is 11.7 Å². The average Bonchev–Trinajstić information content (AvgIpc) is 2.71. The standard InChI is InChI=1S/C20H19ClFN5O2/c1-29-9-3-8-24-20-25-17(13-4-2-7-23-12-13)11-18(27-20)26-19(28)15-6-5-14(22)10-16(15)21/h2,4-7,10-12H,3,8-9H2,1H3,(H2,24,25,26,27,28). The maximum atomic E-state index is 13.2. The zero-order chi connectivity index (χ0) is 20.6. The molecule has 7 nitrogen and oxygen atoms in total. The first-order chi connectivity index (χ1) is 14.1. The van der Waals surface area contributed by atoms with Gasteiger partial charge < -0.3 is 15.4 Å². The van der Waals surface area contributed by atoms with Gasteiger partial charge in [-0.2, -0.15) is 4.98 Å². The SMILES string of the molecule is COCCCNc1nc(NC(=O)c2ccc(F)cc2Cl)cc(-c2cccnc2)n1. The van der Waals surface area contributed by atoms with Crippen molar-refractivity contribution < 1.29 is 13.9 Å². The van der Waals surface area contributed by atoms with Crippen molar-refractivity contribution in [3.8, 4) is 11.3 Å². The number of pyridine rings is 1. The number of methoxy groups -OCH3 is 1. The van der Waals surface area contributed by atoms with Crippen LogP contribution in [0.5, 0.6) is 0 Å². The van der Waals surface area contributed by atoms with Crippen LogP contribution in [0.3, 0.4) is 0 Å². The van der Waals surface area contributed by atoms with Crippen LogP contribution < -0.4 is 10.6 Å². The molecule has 3 rings (SSSR count). The molecule has 0 aliphatic carbocycles. The van der Waals surface area contributed by atoms with E-state index in [0.29, 0.717) is 24.8 Å². The third-order valence-electron chi connectivity index (χ3n) is 3.91. The van der Waals surface area contributed by atoms with E-state index in [1.807, 2.05) is 6.07 Å². The van der Waals surface area contributed by atoms with E-state index in [-0.39, 0.29) is 16.4 Å². The zero-order valence-corrected chi connectivity index (χ0v) is 16.4. The lowest BCUT2D eigenvalue weighted by atomic mass is 10.2. The summed E-state index contributed by atoms with van der Waals surface area (Å²) in [6.07, 6.45) is 4.09. The van der Waals surface area contributed by atoms with Gasteiger partial charge in [-0.15, -0.1) is 0 Å². The summed E-state index contributed by atoms with van der Waals surface area (Å²) in [7, 11) is 1.63. The van der Waals surface area contributed by atoms with E-state index in [0.717, 1.165) is 18.1 Å². The molecule has 0 aliphatic heterocycles. The molecule has 0 saturated carbocycles. The fourth-order valence-electron chi connectivity index (χ4n) is 2.53. The quantitative estimate of drug-likeness (QED) is 0.540. The summed E-state index contributed by atoms with van der Waals surface area (Å²) >= 11 is 5.98. The number of aromatic nitrogens is 3. The molecular formula is C20H19ClFN5O2. The molecule has 0 radical (unpaired) electrons. The van der Waals surface area contributed by atoms with E-state index in [1.165, 1.54) is 12.1 Å². The molecule has 150 valence electrons. The maximum Gasteiger partial charge on any atom is 0.258 e. The van der Waals surface area contributed by atoms with Crippen LogP contribution in [-0.4, -0.2) is 41.1 Å². The van der Waals surface area contributed by atoms with E-state index in [1.54, 1.807) is 31.6 Å². The van der Waals surface area contributed by atoms with Gasteiger partial charge >= 0.3 is 0 Å². The summed E-state index contributed by atoms with van der Waals surface area (Å²) in [6.45, 7) is 1.20. The number of anilines is 2. The molecule has 0 saturated heterocycles. The molecule has 3 aromatic rings. The summed E-state index contributed by atoms with van der Waals surface area (Å²) in [6, 6.07) is 8.85. The molecule has 2 aromatic heterocycles. The summed E-state index contributed by atoms with van der Waals surface area (Å²) in [5.41, 5.74) is 1.50. The third kappa shape index (κ3) is 5.69. The highest BCUT2D eigenvalue weighted by Gasteiger charge is 2.14. The highest BCUT2D eigenvalue weighted by molar-refractivity contribution is 6.34. The van der Waals surface area contributed by atoms with Gasteiger partial charge in [0.05, 0.1) is 16.3 Å². The smallest absolute Gasteiger partial charge is 0.258 e. The Kier molecular flexibility index (Phi) is 7.04. The molecular weight excluding hydrogens is 397 g/mol. The lowest BCUT2D eigenvalue weighted by molar-refractivity contribution is 0.102. The lowest BCUT2D eigenvalue weighted by Gasteiger charge is -2.11. The molecule has 1 amide bonds. The van der Waals surface area contributed by atoms with Crippen LogP contribution in [0.1, 0.15) is 16.8 Å². The first-order valence-electron chi connectivity index (χ1n) is 8.85. The molecule has 1 aromatic carbocycles. The Morgan fingerprint density at radius 1 is 1.24 bits per heavy atom. The van der Waals surface area contributed by atoms with Gasteiger partial charge in [0.15, 0.2) is 0 Å². The van der Waals surface area contributed by atoms with Crippen molar-refractivity contribution in [2.45, 2.75) is 6.42 Å². The lowest BCUT2D eigenvalue weighted by Crippen LogP contribution is -2.15. The van der Waals surface area contributed by atoms with Crippen LogP contribution in [0.2, 0.25) is 5.02 Å². The van der Waals surface area contributed by atoms with Gasteiger partial charge in [-0.3, -0.25) is 9.78 Å². The van der Waals surface area contributed by atoms with E-state index in [2.05, 4.69) is 25.6 Å². The van der Waals surface area contributed by atoms with Gasteiger partial charge in [-0.1, -0.05) is 11.6 Å². The summed E-state index contributed by atoms with van der Waals surface area (Å²) < 4.78 is 18.3. The number of nitrogens with zero attached hydrogens (tertiary/aromatic N) is 3. The van der Waals surface area contributed by atoms with Crippen molar-refractivity contribution >= 4 is 29.3 Å². The number of amides is 1. The molecule has 2 N–H and O–H groups in total. The first kappa shape index (κ1) is 20.6. The fraction of sp³-hybridized carbons (Fsp3) is 0.200. The summed E-state index contributed by atoms with van der Waals surface area (Å²) in [4.78, 5) is 25.5. The van der Waals surface area contributed by atoms with Crippen molar-refractivity contribution in [1.29, 1.82) is 0 Å². The first-order valence-corrected chi connectivity index (χ1v) is 9.23. The topological polar surface area (TPSA) is 89.0 Å². The second-order valence-corrected chi connectivity index (χ2v) is 6.46. The highest BCUT2D eigenvalue weighted by atomic mass is 35.5. The molecule has 0 fully saturated rings. The predicted molar refractivity (Wildman–Crippen MR) is 110 cm³/mol. The van der Waals surface area contributed by atoms with Crippen molar-refractivity contribution in [2.24, 2.45) is 0 Å². The number of hydrogen-bond donors (Lipinski definition) is 2. The Morgan fingerprint density at radius 3 is 2.83 bits per heavy atom. The monoisotopic (exact) mass is 415 g/mol. The minimum absolute atomic E-state index is 0.0157. The third-order valence-corrected chi connectivity index (χ3v) is 4.22. The minimum atomic E-state index is -0.519. The van der Waals surface area contributed by atoms with Crippen LogP contribution in [0.25, 0.3) is 11.3 Å². The van der Waals surface area contributed by atoms with Gasteiger partial charge in [0, 0.05) is 44.3 Å². The molecule has 0 unspecified atom stereocenters. The number of ether oxygens (including phenoxy) is 1. The Hall–Kier alpha value is -3.10. The van der Waals surface area contributed by atoms with Crippen LogP contribution in [0, 0.1) is 5.82 Å². The second kappa shape index (κ2) is 9.90. The Morgan fingerprint density at radius 2 is 2.10 bits per heavy atom. The molecule has 2 heterocycles. The number of benzene rings is 1. The Labute approximate surface area is 172 Å². The Bertz CT molecular complexity index is 988. The largest absolute Gasteiger partial charge is 0.385 e. The zero-order valence-electron chi connectivity index (χ0n) is 15.7. The van der Waals surface area contributed by atoms with Crippen molar-refractivity contribution in [1.82, 2.24) is 15.0 Å². The molecule has 0 bridgehead atoms. The van der Waals surface area contributed by atoms with E-state index in [4.69, 9.17) is 16.3 Å². The number of rotatable bonds is 8. The minimum Gasteiger partial charge on any atom is -0.385 e.